The Hall–Kier alpha value is -2.04. The summed E-state index contributed by atoms with van der Waals surface area (Å²) < 4.78 is 5.25. The second-order valence-electron chi connectivity index (χ2n) is 4.82. The number of ether oxygens (including phenoxy) is 1. The molecule has 2 amide bonds. The zero-order valence-electron chi connectivity index (χ0n) is 11.6. The molecule has 0 bridgehead atoms. The Kier molecular flexibility index (Phi) is 3.81. The van der Waals surface area contributed by atoms with E-state index in [2.05, 4.69) is 0 Å². The molecule has 0 radical (unpaired) electrons. The van der Waals surface area contributed by atoms with Crippen LogP contribution in [-0.4, -0.2) is 23.8 Å². The van der Waals surface area contributed by atoms with Crippen molar-refractivity contribution in [2.45, 2.75) is 6.54 Å². The van der Waals surface area contributed by atoms with E-state index in [1.54, 1.807) is 13.2 Å². The number of methoxy groups -OCH3 is 1. The lowest BCUT2D eigenvalue weighted by molar-refractivity contribution is 0.0641. The van der Waals surface area contributed by atoms with E-state index in [1.165, 1.54) is 12.1 Å². The van der Waals surface area contributed by atoms with Gasteiger partial charge in [-0.05, 0) is 18.2 Å². The van der Waals surface area contributed by atoms with Crippen molar-refractivity contribution >= 4 is 35.0 Å². The SMILES string of the molecule is COc1ccccc1CN1C(=O)c2cc(Cl)c(Cl)cc2C1=O. The van der Waals surface area contributed by atoms with Crippen molar-refractivity contribution in [3.05, 3.63) is 63.1 Å². The number of imide groups is 1. The number of benzene rings is 2. The highest BCUT2D eigenvalue weighted by Crippen LogP contribution is 2.33. The van der Waals surface area contributed by atoms with E-state index in [1.807, 2.05) is 18.2 Å². The topological polar surface area (TPSA) is 46.6 Å². The summed E-state index contributed by atoms with van der Waals surface area (Å²) in [7, 11) is 1.54. The van der Waals surface area contributed by atoms with Gasteiger partial charge in [0.25, 0.3) is 11.8 Å². The Morgan fingerprint density at radius 3 is 2.09 bits per heavy atom. The number of halogens is 2. The molecule has 6 heteroatoms. The Labute approximate surface area is 137 Å². The fourth-order valence-electron chi connectivity index (χ4n) is 2.43. The maximum absolute atomic E-state index is 12.4. The van der Waals surface area contributed by atoms with Gasteiger partial charge in [-0.1, -0.05) is 41.4 Å². The molecular formula is C16H11Cl2NO3. The first-order valence-electron chi connectivity index (χ1n) is 6.50. The van der Waals surface area contributed by atoms with Crippen molar-refractivity contribution in [1.29, 1.82) is 0 Å². The van der Waals surface area contributed by atoms with E-state index >= 15 is 0 Å². The van der Waals surface area contributed by atoms with Crippen LogP contribution in [0.2, 0.25) is 10.0 Å². The molecule has 3 rings (SSSR count). The molecule has 22 heavy (non-hydrogen) atoms. The van der Waals surface area contributed by atoms with Crippen LogP contribution in [0.1, 0.15) is 26.3 Å². The summed E-state index contributed by atoms with van der Waals surface area (Å²) in [5.41, 5.74) is 1.29. The first-order chi connectivity index (χ1) is 10.5. The van der Waals surface area contributed by atoms with Crippen LogP contribution < -0.4 is 4.74 Å². The van der Waals surface area contributed by atoms with E-state index in [9.17, 15) is 9.59 Å². The summed E-state index contributed by atoms with van der Waals surface area (Å²) in [4.78, 5) is 26.0. The van der Waals surface area contributed by atoms with Gasteiger partial charge in [0.1, 0.15) is 5.75 Å². The molecule has 0 spiro atoms. The van der Waals surface area contributed by atoms with Crippen LogP contribution in [0.25, 0.3) is 0 Å². The third-order valence-electron chi connectivity index (χ3n) is 3.53. The van der Waals surface area contributed by atoms with Gasteiger partial charge < -0.3 is 4.74 Å². The quantitative estimate of drug-likeness (QED) is 0.801. The van der Waals surface area contributed by atoms with Crippen LogP contribution in [0, 0.1) is 0 Å². The summed E-state index contributed by atoms with van der Waals surface area (Å²) in [5, 5.41) is 0.501. The minimum absolute atomic E-state index is 0.131. The summed E-state index contributed by atoms with van der Waals surface area (Å²) in [5.74, 6) is -0.149. The van der Waals surface area contributed by atoms with Gasteiger partial charge in [-0.15, -0.1) is 0 Å². The monoisotopic (exact) mass is 335 g/mol. The molecule has 2 aromatic rings. The third-order valence-corrected chi connectivity index (χ3v) is 4.25. The molecule has 2 aromatic carbocycles. The van der Waals surface area contributed by atoms with Crippen molar-refractivity contribution in [3.63, 3.8) is 0 Å². The number of hydrogen-bond acceptors (Lipinski definition) is 3. The molecule has 112 valence electrons. The normalized spacial score (nSPS) is 13.5. The van der Waals surface area contributed by atoms with Crippen molar-refractivity contribution in [2.75, 3.05) is 7.11 Å². The molecule has 0 N–H and O–H groups in total. The fraction of sp³-hybridized carbons (Fsp3) is 0.125. The molecule has 0 aromatic heterocycles. The molecular weight excluding hydrogens is 325 g/mol. The van der Waals surface area contributed by atoms with E-state index < -0.39 is 0 Å². The molecule has 0 atom stereocenters. The van der Waals surface area contributed by atoms with Gasteiger partial charge in [0.2, 0.25) is 0 Å². The predicted molar refractivity (Wildman–Crippen MR) is 83.7 cm³/mol. The highest BCUT2D eigenvalue weighted by Gasteiger charge is 2.36. The number of nitrogens with zero attached hydrogens (tertiary/aromatic N) is 1. The minimum Gasteiger partial charge on any atom is -0.496 e. The van der Waals surface area contributed by atoms with Crippen LogP contribution in [0.3, 0.4) is 0 Å². The second-order valence-corrected chi connectivity index (χ2v) is 5.63. The molecule has 0 unspecified atom stereocenters. The predicted octanol–water partition coefficient (Wildman–Crippen LogP) is 3.80. The Bertz CT molecular complexity index is 748. The van der Waals surface area contributed by atoms with Gasteiger partial charge in [-0.2, -0.15) is 0 Å². The van der Waals surface area contributed by atoms with Crippen LogP contribution >= 0.6 is 23.2 Å². The Morgan fingerprint density at radius 2 is 1.55 bits per heavy atom. The molecule has 0 saturated heterocycles. The first kappa shape index (κ1) is 14.9. The summed E-state index contributed by atoms with van der Waals surface area (Å²) >= 11 is 11.9. The number of carbonyl (C=O) groups is 2. The Morgan fingerprint density at radius 1 is 1.00 bits per heavy atom. The van der Waals surface area contributed by atoms with Gasteiger partial charge >= 0.3 is 0 Å². The lowest BCUT2D eigenvalue weighted by Gasteiger charge is -2.15. The van der Waals surface area contributed by atoms with E-state index in [0.29, 0.717) is 5.75 Å². The molecule has 1 aliphatic heterocycles. The maximum atomic E-state index is 12.4. The third kappa shape index (κ3) is 2.34. The molecule has 0 fully saturated rings. The minimum atomic E-state index is -0.385. The van der Waals surface area contributed by atoms with Crippen LogP contribution in [0.4, 0.5) is 0 Å². The summed E-state index contributed by atoms with van der Waals surface area (Å²) in [6.45, 7) is 0.131. The van der Waals surface area contributed by atoms with Gasteiger partial charge in [0.05, 0.1) is 34.8 Å². The van der Waals surface area contributed by atoms with E-state index in [4.69, 9.17) is 27.9 Å². The van der Waals surface area contributed by atoms with Crippen molar-refractivity contribution in [1.82, 2.24) is 4.90 Å². The number of amides is 2. The van der Waals surface area contributed by atoms with Gasteiger partial charge in [0, 0.05) is 5.56 Å². The maximum Gasteiger partial charge on any atom is 0.261 e. The highest BCUT2D eigenvalue weighted by atomic mass is 35.5. The average molecular weight is 336 g/mol. The van der Waals surface area contributed by atoms with Crippen LogP contribution in [-0.2, 0) is 6.54 Å². The number of carbonyl (C=O) groups excluding carboxylic acids is 2. The molecule has 4 nitrogen and oxygen atoms in total. The van der Waals surface area contributed by atoms with E-state index in [-0.39, 0.29) is 39.5 Å². The van der Waals surface area contributed by atoms with Gasteiger partial charge in [-0.3, -0.25) is 14.5 Å². The standard InChI is InChI=1S/C16H11Cl2NO3/c1-22-14-5-3-2-4-9(14)8-19-15(20)10-6-12(17)13(18)7-11(10)16(19)21/h2-7H,8H2,1H3. The smallest absolute Gasteiger partial charge is 0.261 e. The van der Waals surface area contributed by atoms with Gasteiger partial charge in [0.15, 0.2) is 0 Å². The van der Waals surface area contributed by atoms with Gasteiger partial charge in [-0.25, -0.2) is 0 Å². The van der Waals surface area contributed by atoms with Crippen LogP contribution in [0.5, 0.6) is 5.75 Å². The largest absolute Gasteiger partial charge is 0.496 e. The summed E-state index contributed by atoms with van der Waals surface area (Å²) in [6.07, 6.45) is 0. The van der Waals surface area contributed by atoms with Crippen molar-refractivity contribution in [3.8, 4) is 5.75 Å². The summed E-state index contributed by atoms with van der Waals surface area (Å²) in [6, 6.07) is 10.1. The number of hydrogen-bond donors (Lipinski definition) is 0. The lowest BCUT2D eigenvalue weighted by Crippen LogP contribution is -2.29. The number of rotatable bonds is 3. The highest BCUT2D eigenvalue weighted by molar-refractivity contribution is 6.43. The second kappa shape index (κ2) is 5.63. The molecule has 1 aliphatic rings. The molecule has 1 heterocycles. The zero-order chi connectivity index (χ0) is 15.9. The van der Waals surface area contributed by atoms with Crippen LogP contribution in [0.15, 0.2) is 36.4 Å². The molecule has 0 saturated carbocycles. The first-order valence-corrected chi connectivity index (χ1v) is 7.25. The van der Waals surface area contributed by atoms with Crippen molar-refractivity contribution in [2.24, 2.45) is 0 Å². The average Bonchev–Trinajstić information content (AvgIpc) is 2.73. The zero-order valence-corrected chi connectivity index (χ0v) is 13.1. The van der Waals surface area contributed by atoms with E-state index in [0.717, 1.165) is 10.5 Å². The lowest BCUT2D eigenvalue weighted by atomic mass is 10.1. The molecule has 0 aliphatic carbocycles. The number of para-hydroxylation sites is 1. The Balaban J connectivity index is 1.97. The van der Waals surface area contributed by atoms with Crippen molar-refractivity contribution < 1.29 is 14.3 Å². The fourth-order valence-corrected chi connectivity index (χ4v) is 2.76. The number of fused-ring (bicyclic) bond motifs is 1.